The van der Waals surface area contributed by atoms with Crippen LogP contribution in [0.15, 0.2) is 57.7 Å². The lowest BCUT2D eigenvalue weighted by Gasteiger charge is -2.09. The highest BCUT2D eigenvalue weighted by Gasteiger charge is 2.07. The Hall–Kier alpha value is -2.79. The smallest absolute Gasteiger partial charge is 0.336 e. The Morgan fingerprint density at radius 2 is 1.75 bits per heavy atom. The van der Waals surface area contributed by atoms with Crippen LogP contribution in [0.5, 0.6) is 11.5 Å². The first kappa shape index (κ1) is 16.1. The second-order valence-electron chi connectivity index (χ2n) is 5.41. The van der Waals surface area contributed by atoms with E-state index in [0.717, 1.165) is 22.3 Å². The summed E-state index contributed by atoms with van der Waals surface area (Å²) in [6.45, 7) is 1.24. The minimum Gasteiger partial charge on any atom is -0.497 e. The lowest BCUT2D eigenvalue weighted by atomic mass is 10.1. The average Bonchev–Trinajstić information content (AvgIpc) is 2.61. The molecule has 3 aromatic rings. The van der Waals surface area contributed by atoms with E-state index in [-0.39, 0.29) is 5.63 Å². The van der Waals surface area contributed by atoms with Gasteiger partial charge in [0, 0.05) is 30.6 Å². The molecule has 0 amide bonds. The van der Waals surface area contributed by atoms with Crippen molar-refractivity contribution in [3.05, 3.63) is 70.1 Å². The van der Waals surface area contributed by atoms with Crippen LogP contribution in [0.25, 0.3) is 11.0 Å². The highest BCUT2D eigenvalue weighted by atomic mass is 16.5. The molecule has 0 saturated heterocycles. The molecule has 3 rings (SSSR count). The topological polar surface area (TPSA) is 60.7 Å². The van der Waals surface area contributed by atoms with Crippen LogP contribution in [0, 0.1) is 0 Å². The van der Waals surface area contributed by atoms with Gasteiger partial charge in [0.05, 0.1) is 14.2 Å². The number of hydrogen-bond donors (Lipinski definition) is 1. The van der Waals surface area contributed by atoms with Crippen molar-refractivity contribution in [3.63, 3.8) is 0 Å². The van der Waals surface area contributed by atoms with Gasteiger partial charge in [-0.15, -0.1) is 0 Å². The van der Waals surface area contributed by atoms with E-state index in [4.69, 9.17) is 13.9 Å². The van der Waals surface area contributed by atoms with Crippen molar-refractivity contribution in [3.8, 4) is 11.5 Å². The van der Waals surface area contributed by atoms with E-state index >= 15 is 0 Å². The van der Waals surface area contributed by atoms with Gasteiger partial charge in [0.2, 0.25) is 0 Å². The molecule has 0 aliphatic carbocycles. The Kier molecular flexibility index (Phi) is 4.82. The van der Waals surface area contributed by atoms with E-state index in [1.165, 1.54) is 6.07 Å². The molecule has 1 aromatic heterocycles. The minimum atomic E-state index is -0.367. The van der Waals surface area contributed by atoms with E-state index in [2.05, 4.69) is 5.32 Å². The van der Waals surface area contributed by atoms with E-state index in [1.54, 1.807) is 20.3 Å². The molecule has 5 nitrogen and oxygen atoms in total. The molecular weight excluding hydrogens is 306 g/mol. The number of nitrogens with one attached hydrogen (secondary N) is 1. The molecule has 1 N–H and O–H groups in total. The summed E-state index contributed by atoms with van der Waals surface area (Å²) in [7, 11) is 3.23. The first-order valence-corrected chi connectivity index (χ1v) is 7.64. The van der Waals surface area contributed by atoms with Crippen LogP contribution >= 0.6 is 0 Å². The Morgan fingerprint density at radius 1 is 0.958 bits per heavy atom. The zero-order valence-electron chi connectivity index (χ0n) is 13.7. The van der Waals surface area contributed by atoms with Crippen molar-refractivity contribution < 1.29 is 13.9 Å². The summed E-state index contributed by atoms with van der Waals surface area (Å²) < 4.78 is 15.7. The quantitative estimate of drug-likeness (QED) is 0.706. The zero-order valence-corrected chi connectivity index (χ0v) is 13.7. The van der Waals surface area contributed by atoms with Crippen molar-refractivity contribution in [2.45, 2.75) is 13.1 Å². The molecule has 0 unspecified atom stereocenters. The molecule has 0 spiro atoms. The van der Waals surface area contributed by atoms with Crippen LogP contribution in [-0.2, 0) is 13.1 Å². The molecule has 24 heavy (non-hydrogen) atoms. The number of ether oxygens (including phenoxy) is 2. The molecule has 0 saturated carbocycles. The van der Waals surface area contributed by atoms with Crippen LogP contribution in [0.3, 0.4) is 0 Å². The number of rotatable bonds is 6. The summed E-state index contributed by atoms with van der Waals surface area (Å²) in [4.78, 5) is 11.8. The third kappa shape index (κ3) is 3.58. The Morgan fingerprint density at radius 3 is 2.54 bits per heavy atom. The molecule has 0 radical (unpaired) electrons. The number of fused-ring (bicyclic) bond motifs is 1. The minimum absolute atomic E-state index is 0.367. The van der Waals surface area contributed by atoms with Gasteiger partial charge in [0.25, 0.3) is 0 Å². The molecule has 2 aromatic carbocycles. The maximum Gasteiger partial charge on any atom is 0.336 e. The normalized spacial score (nSPS) is 10.8. The molecule has 0 fully saturated rings. The maximum absolute atomic E-state index is 11.8. The summed E-state index contributed by atoms with van der Waals surface area (Å²) in [6, 6.07) is 14.9. The highest BCUT2D eigenvalue weighted by molar-refractivity contribution is 5.81. The summed E-state index contributed by atoms with van der Waals surface area (Å²) in [5, 5.41) is 4.25. The van der Waals surface area contributed by atoms with Crippen LogP contribution in [0.2, 0.25) is 0 Å². The predicted molar refractivity (Wildman–Crippen MR) is 92.6 cm³/mol. The molecule has 0 aliphatic rings. The van der Waals surface area contributed by atoms with Gasteiger partial charge in [-0.1, -0.05) is 12.1 Å². The van der Waals surface area contributed by atoms with Crippen LogP contribution in [-0.4, -0.2) is 14.2 Å². The third-order valence-corrected chi connectivity index (χ3v) is 3.82. The van der Waals surface area contributed by atoms with Crippen molar-refractivity contribution in [1.82, 2.24) is 5.32 Å². The Bertz CT molecular complexity index is 901. The fourth-order valence-corrected chi connectivity index (χ4v) is 2.61. The molecule has 1 heterocycles. The lowest BCUT2D eigenvalue weighted by Crippen LogP contribution is -2.14. The standard InChI is InChI=1S/C19H19NO4/c1-22-15-5-3-4-13(8-15)11-20-12-14-9-19(21)24-18-10-16(23-2)6-7-17(14)18/h3-10,20H,11-12H2,1-2H3. The third-order valence-electron chi connectivity index (χ3n) is 3.82. The highest BCUT2D eigenvalue weighted by Crippen LogP contribution is 2.22. The largest absolute Gasteiger partial charge is 0.497 e. The molecule has 0 atom stereocenters. The summed E-state index contributed by atoms with van der Waals surface area (Å²) in [5.41, 5.74) is 2.17. The summed E-state index contributed by atoms with van der Waals surface area (Å²) in [5.74, 6) is 1.49. The number of methoxy groups -OCH3 is 2. The van der Waals surface area contributed by atoms with Gasteiger partial charge in [-0.2, -0.15) is 0 Å². The fraction of sp³-hybridized carbons (Fsp3) is 0.211. The lowest BCUT2D eigenvalue weighted by molar-refractivity contribution is 0.414. The Labute approximate surface area is 139 Å². The van der Waals surface area contributed by atoms with Gasteiger partial charge in [-0.25, -0.2) is 4.79 Å². The van der Waals surface area contributed by atoms with Gasteiger partial charge in [-0.05, 0) is 35.4 Å². The number of hydrogen-bond acceptors (Lipinski definition) is 5. The van der Waals surface area contributed by atoms with Crippen molar-refractivity contribution in [1.29, 1.82) is 0 Å². The average molecular weight is 325 g/mol. The molecule has 5 heteroatoms. The second kappa shape index (κ2) is 7.19. The van der Waals surface area contributed by atoms with E-state index in [1.807, 2.05) is 36.4 Å². The van der Waals surface area contributed by atoms with Gasteiger partial charge in [0.1, 0.15) is 17.1 Å². The SMILES string of the molecule is COc1cccc(CNCc2cc(=O)oc3cc(OC)ccc23)c1. The van der Waals surface area contributed by atoms with E-state index in [9.17, 15) is 4.79 Å². The molecule has 0 aliphatic heterocycles. The molecule has 124 valence electrons. The summed E-state index contributed by atoms with van der Waals surface area (Å²) in [6.07, 6.45) is 0. The van der Waals surface area contributed by atoms with Crippen molar-refractivity contribution >= 4 is 11.0 Å². The first-order chi connectivity index (χ1) is 11.7. The van der Waals surface area contributed by atoms with Gasteiger partial charge < -0.3 is 19.2 Å². The zero-order chi connectivity index (χ0) is 16.9. The van der Waals surface area contributed by atoms with Crippen molar-refractivity contribution in [2.75, 3.05) is 14.2 Å². The van der Waals surface area contributed by atoms with Gasteiger partial charge >= 0.3 is 5.63 Å². The monoisotopic (exact) mass is 325 g/mol. The number of benzene rings is 2. The van der Waals surface area contributed by atoms with E-state index in [0.29, 0.717) is 24.4 Å². The first-order valence-electron chi connectivity index (χ1n) is 7.64. The second-order valence-corrected chi connectivity index (χ2v) is 5.41. The predicted octanol–water partition coefficient (Wildman–Crippen LogP) is 3.10. The van der Waals surface area contributed by atoms with Gasteiger partial charge in [-0.3, -0.25) is 0 Å². The van der Waals surface area contributed by atoms with Crippen LogP contribution < -0.4 is 20.4 Å². The van der Waals surface area contributed by atoms with E-state index < -0.39 is 0 Å². The van der Waals surface area contributed by atoms with Crippen molar-refractivity contribution in [2.24, 2.45) is 0 Å². The molecular formula is C19H19NO4. The fourth-order valence-electron chi connectivity index (χ4n) is 2.61. The van der Waals surface area contributed by atoms with Crippen LogP contribution in [0.1, 0.15) is 11.1 Å². The van der Waals surface area contributed by atoms with Gasteiger partial charge in [0.15, 0.2) is 0 Å². The Balaban J connectivity index is 1.78. The van der Waals surface area contributed by atoms with Crippen LogP contribution in [0.4, 0.5) is 0 Å². The summed E-state index contributed by atoms with van der Waals surface area (Å²) >= 11 is 0. The maximum atomic E-state index is 11.8. The molecule has 0 bridgehead atoms.